The molecule has 2 aromatic rings. The van der Waals surface area contributed by atoms with E-state index in [2.05, 4.69) is 20.7 Å². The molecule has 0 aliphatic heterocycles. The van der Waals surface area contributed by atoms with E-state index >= 15 is 0 Å². The number of nitrogens with two attached hydrogens (primary N) is 1. The van der Waals surface area contributed by atoms with E-state index in [1.165, 1.54) is 6.20 Å². The van der Waals surface area contributed by atoms with E-state index in [1.54, 1.807) is 18.6 Å². The maximum atomic E-state index is 12.1. The molecule has 0 aliphatic carbocycles. The lowest BCUT2D eigenvalue weighted by molar-refractivity contribution is 0.0953. The molecule has 7 nitrogen and oxygen atoms in total. The number of imidazole rings is 1. The van der Waals surface area contributed by atoms with Gasteiger partial charge in [0.2, 0.25) is 0 Å². The van der Waals surface area contributed by atoms with Gasteiger partial charge in [0.1, 0.15) is 0 Å². The first-order valence-electron chi connectivity index (χ1n) is 6.88. The van der Waals surface area contributed by atoms with Crippen LogP contribution < -0.4 is 16.6 Å². The SMILES string of the molecule is Cc1cc(NN)c(C(=O)NCCCCn2ccnc2)cn1. The highest BCUT2D eigenvalue weighted by Gasteiger charge is 2.11. The molecule has 1 amide bonds. The van der Waals surface area contributed by atoms with E-state index < -0.39 is 0 Å². The summed E-state index contributed by atoms with van der Waals surface area (Å²) >= 11 is 0. The lowest BCUT2D eigenvalue weighted by Crippen LogP contribution is -2.26. The minimum absolute atomic E-state index is 0.168. The number of hydrazine groups is 1. The lowest BCUT2D eigenvalue weighted by Gasteiger charge is -2.10. The van der Waals surface area contributed by atoms with E-state index in [1.807, 2.05) is 17.7 Å². The number of hydrogen-bond donors (Lipinski definition) is 3. The summed E-state index contributed by atoms with van der Waals surface area (Å²) in [6.07, 6.45) is 8.88. The van der Waals surface area contributed by atoms with Crippen molar-refractivity contribution < 1.29 is 4.79 Å². The average Bonchev–Trinajstić information content (AvgIpc) is 2.99. The van der Waals surface area contributed by atoms with Crippen LogP contribution in [-0.2, 0) is 6.54 Å². The number of rotatable bonds is 7. The predicted octanol–water partition coefficient (Wildman–Crippen LogP) is 1.08. The highest BCUT2D eigenvalue weighted by molar-refractivity contribution is 5.99. The van der Waals surface area contributed by atoms with Gasteiger partial charge in [-0.05, 0) is 25.8 Å². The van der Waals surface area contributed by atoms with Gasteiger partial charge in [0.15, 0.2) is 0 Å². The first-order valence-corrected chi connectivity index (χ1v) is 6.88. The molecule has 7 heteroatoms. The third-order valence-corrected chi connectivity index (χ3v) is 3.13. The van der Waals surface area contributed by atoms with Crippen molar-refractivity contribution in [1.29, 1.82) is 0 Å². The van der Waals surface area contributed by atoms with Crippen molar-refractivity contribution in [2.24, 2.45) is 5.84 Å². The van der Waals surface area contributed by atoms with Crippen LogP contribution in [0.15, 0.2) is 31.0 Å². The van der Waals surface area contributed by atoms with Crippen molar-refractivity contribution >= 4 is 11.6 Å². The molecule has 2 aromatic heterocycles. The van der Waals surface area contributed by atoms with Crippen LogP contribution in [0, 0.1) is 6.92 Å². The van der Waals surface area contributed by atoms with Gasteiger partial charge in [0.25, 0.3) is 5.91 Å². The van der Waals surface area contributed by atoms with Crippen LogP contribution in [0.1, 0.15) is 28.9 Å². The van der Waals surface area contributed by atoms with Gasteiger partial charge in [-0.3, -0.25) is 15.6 Å². The molecule has 0 atom stereocenters. The Bertz CT molecular complexity index is 581. The van der Waals surface area contributed by atoms with Gasteiger partial charge < -0.3 is 15.3 Å². The molecule has 0 bridgehead atoms. The first kappa shape index (κ1) is 15.0. The van der Waals surface area contributed by atoms with Crippen molar-refractivity contribution in [3.05, 3.63) is 42.2 Å². The fourth-order valence-electron chi connectivity index (χ4n) is 2.00. The number of aryl methyl sites for hydroxylation is 2. The monoisotopic (exact) mass is 288 g/mol. The van der Waals surface area contributed by atoms with Gasteiger partial charge in [-0.25, -0.2) is 4.98 Å². The lowest BCUT2D eigenvalue weighted by atomic mass is 10.2. The van der Waals surface area contributed by atoms with E-state index in [0.717, 1.165) is 25.1 Å². The molecule has 21 heavy (non-hydrogen) atoms. The number of carbonyl (C=O) groups excluding carboxylic acids is 1. The van der Waals surface area contributed by atoms with Crippen molar-refractivity contribution in [2.45, 2.75) is 26.3 Å². The van der Waals surface area contributed by atoms with Crippen molar-refractivity contribution in [1.82, 2.24) is 19.9 Å². The number of hydrogen-bond acceptors (Lipinski definition) is 5. The topological polar surface area (TPSA) is 97.9 Å². The second kappa shape index (κ2) is 7.39. The van der Waals surface area contributed by atoms with E-state index in [9.17, 15) is 4.79 Å². The molecule has 112 valence electrons. The third kappa shape index (κ3) is 4.28. The van der Waals surface area contributed by atoms with Crippen LogP contribution in [0.5, 0.6) is 0 Å². The van der Waals surface area contributed by atoms with Gasteiger partial charge in [-0.1, -0.05) is 0 Å². The van der Waals surface area contributed by atoms with Crippen molar-refractivity contribution in [2.75, 3.05) is 12.0 Å². The summed E-state index contributed by atoms with van der Waals surface area (Å²) in [7, 11) is 0. The van der Waals surface area contributed by atoms with Crippen LogP contribution in [0.3, 0.4) is 0 Å². The number of nitrogens with one attached hydrogen (secondary N) is 2. The van der Waals surface area contributed by atoms with Gasteiger partial charge in [-0.15, -0.1) is 0 Å². The summed E-state index contributed by atoms with van der Waals surface area (Å²) in [5.74, 6) is 5.25. The van der Waals surface area contributed by atoms with Crippen molar-refractivity contribution in [3.63, 3.8) is 0 Å². The molecule has 2 heterocycles. The zero-order valence-electron chi connectivity index (χ0n) is 12.0. The summed E-state index contributed by atoms with van der Waals surface area (Å²) < 4.78 is 2.02. The Hall–Kier alpha value is -2.41. The summed E-state index contributed by atoms with van der Waals surface area (Å²) in [6.45, 7) is 3.36. The fourth-order valence-corrected chi connectivity index (χ4v) is 2.00. The number of aromatic nitrogens is 3. The standard InChI is InChI=1S/C14H20N6O/c1-11-8-13(19-15)12(9-18-11)14(21)17-4-2-3-6-20-7-5-16-10-20/h5,7-10H,2-4,6,15H2,1H3,(H,17,21)(H,18,19). The number of nitrogens with zero attached hydrogens (tertiary/aromatic N) is 3. The smallest absolute Gasteiger partial charge is 0.255 e. The Kier molecular flexibility index (Phi) is 5.28. The molecule has 0 spiro atoms. The van der Waals surface area contributed by atoms with Crippen LogP contribution in [0.25, 0.3) is 0 Å². The summed E-state index contributed by atoms with van der Waals surface area (Å²) in [6, 6.07) is 1.74. The highest BCUT2D eigenvalue weighted by atomic mass is 16.1. The molecule has 0 radical (unpaired) electrons. The largest absolute Gasteiger partial charge is 0.352 e. The zero-order chi connectivity index (χ0) is 15.1. The van der Waals surface area contributed by atoms with E-state index in [0.29, 0.717) is 17.8 Å². The Morgan fingerprint density at radius 1 is 1.43 bits per heavy atom. The quantitative estimate of drug-likeness (QED) is 0.402. The molecular formula is C14H20N6O. The molecule has 2 rings (SSSR count). The summed E-state index contributed by atoms with van der Waals surface area (Å²) in [4.78, 5) is 20.2. The van der Waals surface area contributed by atoms with Gasteiger partial charge in [0.05, 0.1) is 17.6 Å². The molecule has 0 aromatic carbocycles. The fraction of sp³-hybridized carbons (Fsp3) is 0.357. The third-order valence-electron chi connectivity index (χ3n) is 3.13. The second-order valence-corrected chi connectivity index (χ2v) is 4.78. The molecular weight excluding hydrogens is 268 g/mol. The van der Waals surface area contributed by atoms with Gasteiger partial charge in [-0.2, -0.15) is 0 Å². The Labute approximate surface area is 123 Å². The minimum atomic E-state index is -0.168. The molecule has 0 fully saturated rings. The first-order chi connectivity index (χ1) is 10.2. The predicted molar refractivity (Wildman–Crippen MR) is 80.6 cm³/mol. The Morgan fingerprint density at radius 2 is 2.29 bits per heavy atom. The van der Waals surface area contributed by atoms with Gasteiger partial charge >= 0.3 is 0 Å². The van der Waals surface area contributed by atoms with Crippen LogP contribution in [-0.4, -0.2) is 27.0 Å². The van der Waals surface area contributed by atoms with Gasteiger partial charge in [0, 0.05) is 37.4 Å². The van der Waals surface area contributed by atoms with Crippen LogP contribution in [0.4, 0.5) is 5.69 Å². The Balaban J connectivity index is 1.76. The zero-order valence-corrected chi connectivity index (χ0v) is 12.0. The van der Waals surface area contributed by atoms with Crippen LogP contribution in [0.2, 0.25) is 0 Å². The van der Waals surface area contributed by atoms with E-state index in [4.69, 9.17) is 5.84 Å². The Morgan fingerprint density at radius 3 is 3.00 bits per heavy atom. The number of amides is 1. The molecule has 0 saturated carbocycles. The summed E-state index contributed by atoms with van der Waals surface area (Å²) in [5, 5.41) is 2.87. The number of unbranched alkanes of at least 4 members (excludes halogenated alkanes) is 1. The molecule has 0 saturated heterocycles. The second-order valence-electron chi connectivity index (χ2n) is 4.78. The summed E-state index contributed by atoms with van der Waals surface area (Å²) in [5.41, 5.74) is 4.37. The maximum Gasteiger partial charge on any atom is 0.255 e. The molecule has 0 aliphatic rings. The number of pyridine rings is 1. The highest BCUT2D eigenvalue weighted by Crippen LogP contribution is 2.14. The van der Waals surface area contributed by atoms with Crippen LogP contribution >= 0.6 is 0 Å². The number of anilines is 1. The van der Waals surface area contributed by atoms with E-state index in [-0.39, 0.29) is 5.91 Å². The minimum Gasteiger partial charge on any atom is -0.352 e. The normalized spacial score (nSPS) is 10.4. The number of nitrogen functional groups attached to an aromatic ring is 1. The maximum absolute atomic E-state index is 12.1. The molecule has 0 unspecified atom stereocenters. The number of carbonyl (C=O) groups is 1. The molecule has 4 N–H and O–H groups in total. The average molecular weight is 288 g/mol. The van der Waals surface area contributed by atoms with Crippen molar-refractivity contribution in [3.8, 4) is 0 Å².